The number of amides is 1. The normalized spacial score (nSPS) is 9.31. The maximum atomic E-state index is 11.5. The van der Waals surface area contributed by atoms with Crippen LogP contribution in [0.15, 0.2) is 11.4 Å². The molecule has 1 rings (SSSR count). The molecule has 0 spiro atoms. The maximum Gasteiger partial charge on any atom is 0.264 e. The van der Waals surface area contributed by atoms with Gasteiger partial charge in [0.1, 0.15) is 6.54 Å². The van der Waals surface area contributed by atoms with Crippen molar-refractivity contribution in [2.24, 2.45) is 0 Å². The molecule has 5 heteroatoms. The number of thiophene rings is 1. The number of nitrogens with zero attached hydrogens (tertiary/aromatic N) is 2. The third-order valence-electron chi connectivity index (χ3n) is 1.43. The van der Waals surface area contributed by atoms with Crippen LogP contribution in [0.2, 0.25) is 5.02 Å². The Morgan fingerprint density at radius 2 is 2.54 bits per heavy atom. The zero-order valence-electron chi connectivity index (χ0n) is 6.95. The van der Waals surface area contributed by atoms with Gasteiger partial charge < -0.3 is 4.90 Å². The molecule has 0 radical (unpaired) electrons. The largest absolute Gasteiger partial charge is 0.328 e. The van der Waals surface area contributed by atoms with E-state index >= 15 is 0 Å². The smallest absolute Gasteiger partial charge is 0.264 e. The summed E-state index contributed by atoms with van der Waals surface area (Å²) in [4.78, 5) is 13.4. The van der Waals surface area contributed by atoms with Crippen molar-refractivity contribution in [3.8, 4) is 6.07 Å². The predicted molar refractivity (Wildman–Crippen MR) is 51.9 cm³/mol. The van der Waals surface area contributed by atoms with E-state index in [-0.39, 0.29) is 12.5 Å². The predicted octanol–water partition coefficient (Wildman–Crippen LogP) is 2.00. The Morgan fingerprint density at radius 1 is 1.85 bits per heavy atom. The van der Waals surface area contributed by atoms with Crippen molar-refractivity contribution < 1.29 is 4.79 Å². The highest BCUT2D eigenvalue weighted by molar-refractivity contribution is 7.12. The van der Waals surface area contributed by atoms with Gasteiger partial charge in [0.05, 0.1) is 16.0 Å². The molecule has 0 N–H and O–H groups in total. The van der Waals surface area contributed by atoms with E-state index in [9.17, 15) is 4.79 Å². The first-order valence-electron chi connectivity index (χ1n) is 3.51. The van der Waals surface area contributed by atoms with Crippen LogP contribution in [0.4, 0.5) is 0 Å². The molecule has 1 amide bonds. The summed E-state index contributed by atoms with van der Waals surface area (Å²) in [7, 11) is 1.58. The topological polar surface area (TPSA) is 44.1 Å². The van der Waals surface area contributed by atoms with Crippen LogP contribution in [0.5, 0.6) is 0 Å². The number of hydrogen-bond donors (Lipinski definition) is 0. The Bertz CT molecular complexity index is 355. The molecule has 0 aliphatic carbocycles. The van der Waals surface area contributed by atoms with Gasteiger partial charge in [0, 0.05) is 12.4 Å². The Morgan fingerprint density at radius 3 is 3.00 bits per heavy atom. The van der Waals surface area contributed by atoms with E-state index in [1.807, 2.05) is 6.07 Å². The quantitative estimate of drug-likeness (QED) is 0.707. The molecule has 0 aliphatic rings. The summed E-state index contributed by atoms with van der Waals surface area (Å²) in [6.45, 7) is 0.0916. The lowest BCUT2D eigenvalue weighted by molar-refractivity contribution is 0.0816. The van der Waals surface area contributed by atoms with E-state index in [4.69, 9.17) is 16.9 Å². The van der Waals surface area contributed by atoms with Gasteiger partial charge in [-0.05, 0) is 6.07 Å². The van der Waals surface area contributed by atoms with Gasteiger partial charge in [0.2, 0.25) is 0 Å². The van der Waals surface area contributed by atoms with Gasteiger partial charge in [-0.1, -0.05) is 11.6 Å². The highest BCUT2D eigenvalue weighted by atomic mass is 35.5. The maximum absolute atomic E-state index is 11.5. The number of halogens is 1. The Balaban J connectivity index is 2.74. The van der Waals surface area contributed by atoms with Gasteiger partial charge in [-0.3, -0.25) is 4.79 Å². The summed E-state index contributed by atoms with van der Waals surface area (Å²) in [6.07, 6.45) is 0. The van der Waals surface area contributed by atoms with E-state index < -0.39 is 0 Å². The summed E-state index contributed by atoms with van der Waals surface area (Å²) in [5, 5.41) is 10.6. The zero-order valence-corrected chi connectivity index (χ0v) is 8.52. The van der Waals surface area contributed by atoms with Crippen molar-refractivity contribution in [1.29, 1.82) is 5.26 Å². The first-order chi connectivity index (χ1) is 6.15. The lowest BCUT2D eigenvalue weighted by Crippen LogP contribution is -2.26. The van der Waals surface area contributed by atoms with Crippen LogP contribution in [-0.4, -0.2) is 24.4 Å². The van der Waals surface area contributed by atoms with Gasteiger partial charge in [0.15, 0.2) is 0 Å². The minimum atomic E-state index is -0.168. The minimum absolute atomic E-state index is 0.0916. The third-order valence-corrected chi connectivity index (χ3v) is 2.70. The molecule has 1 heterocycles. The van der Waals surface area contributed by atoms with Gasteiger partial charge in [0.25, 0.3) is 5.91 Å². The molecular weight excluding hydrogens is 208 g/mol. The molecular formula is C8H7ClN2OS. The van der Waals surface area contributed by atoms with Gasteiger partial charge in [-0.2, -0.15) is 5.26 Å². The molecule has 0 unspecified atom stereocenters. The van der Waals surface area contributed by atoms with E-state index in [2.05, 4.69) is 0 Å². The fourth-order valence-corrected chi connectivity index (χ4v) is 1.86. The monoisotopic (exact) mass is 214 g/mol. The van der Waals surface area contributed by atoms with Crippen molar-refractivity contribution in [2.45, 2.75) is 0 Å². The fourth-order valence-electron chi connectivity index (χ4n) is 0.791. The Hall–Kier alpha value is -1.05. The van der Waals surface area contributed by atoms with Crippen LogP contribution < -0.4 is 0 Å². The van der Waals surface area contributed by atoms with Gasteiger partial charge in [-0.15, -0.1) is 11.3 Å². The highest BCUT2D eigenvalue weighted by Gasteiger charge is 2.12. The highest BCUT2D eigenvalue weighted by Crippen LogP contribution is 2.20. The third kappa shape index (κ3) is 2.44. The summed E-state index contributed by atoms with van der Waals surface area (Å²) >= 11 is 6.94. The lowest BCUT2D eigenvalue weighted by atomic mass is 10.4. The van der Waals surface area contributed by atoms with E-state index in [1.165, 1.54) is 16.2 Å². The number of nitriles is 1. The van der Waals surface area contributed by atoms with Crippen LogP contribution in [0.25, 0.3) is 0 Å². The SMILES string of the molecule is CN(CC#N)C(=O)c1cc(Cl)cs1. The van der Waals surface area contributed by atoms with Crippen LogP contribution >= 0.6 is 22.9 Å². The average Bonchev–Trinajstić information content (AvgIpc) is 2.51. The van der Waals surface area contributed by atoms with Crippen LogP contribution in [-0.2, 0) is 0 Å². The molecule has 0 fully saturated rings. The second-order valence-corrected chi connectivity index (χ2v) is 3.80. The molecule has 0 atom stereocenters. The van der Waals surface area contributed by atoms with Crippen LogP contribution in [0, 0.1) is 11.3 Å². The molecule has 0 aliphatic heterocycles. The first-order valence-corrected chi connectivity index (χ1v) is 4.77. The molecule has 1 aromatic rings. The summed E-state index contributed by atoms with van der Waals surface area (Å²) in [5.74, 6) is -0.168. The second-order valence-electron chi connectivity index (χ2n) is 2.45. The van der Waals surface area contributed by atoms with Crippen molar-refractivity contribution >= 4 is 28.8 Å². The van der Waals surface area contributed by atoms with Crippen molar-refractivity contribution in [1.82, 2.24) is 4.90 Å². The molecule has 0 saturated heterocycles. The van der Waals surface area contributed by atoms with E-state index in [0.717, 1.165) is 0 Å². The molecule has 13 heavy (non-hydrogen) atoms. The number of hydrogen-bond acceptors (Lipinski definition) is 3. The summed E-state index contributed by atoms with van der Waals surface area (Å²) in [5.41, 5.74) is 0. The van der Waals surface area contributed by atoms with Gasteiger partial charge >= 0.3 is 0 Å². The first kappa shape index (κ1) is 10.0. The van der Waals surface area contributed by atoms with Gasteiger partial charge in [-0.25, -0.2) is 0 Å². The molecule has 1 aromatic heterocycles. The van der Waals surface area contributed by atoms with E-state index in [1.54, 1.807) is 18.5 Å². The number of carbonyl (C=O) groups is 1. The Kier molecular flexibility index (Phi) is 3.29. The Labute approximate surface area is 85.1 Å². The average molecular weight is 215 g/mol. The second kappa shape index (κ2) is 4.26. The molecule has 68 valence electrons. The minimum Gasteiger partial charge on any atom is -0.328 e. The lowest BCUT2D eigenvalue weighted by Gasteiger charge is -2.10. The summed E-state index contributed by atoms with van der Waals surface area (Å²) in [6, 6.07) is 3.50. The number of carbonyl (C=O) groups excluding carboxylic acids is 1. The van der Waals surface area contributed by atoms with E-state index in [0.29, 0.717) is 9.90 Å². The zero-order chi connectivity index (χ0) is 9.84. The van der Waals surface area contributed by atoms with Crippen LogP contribution in [0.1, 0.15) is 9.67 Å². The van der Waals surface area contributed by atoms with Crippen molar-refractivity contribution in [3.05, 3.63) is 21.3 Å². The molecule has 0 aromatic carbocycles. The van der Waals surface area contributed by atoms with Crippen molar-refractivity contribution in [3.63, 3.8) is 0 Å². The molecule has 3 nitrogen and oxygen atoms in total. The summed E-state index contributed by atoms with van der Waals surface area (Å²) < 4.78 is 0. The fraction of sp³-hybridized carbons (Fsp3) is 0.250. The van der Waals surface area contributed by atoms with Crippen LogP contribution in [0.3, 0.4) is 0 Å². The standard InChI is InChI=1S/C8H7ClN2OS/c1-11(3-2-10)8(12)7-4-6(9)5-13-7/h4-5H,3H2,1H3. The molecule has 0 saturated carbocycles. The molecule has 0 bridgehead atoms. The van der Waals surface area contributed by atoms with Crippen molar-refractivity contribution in [2.75, 3.05) is 13.6 Å². The number of rotatable bonds is 2.